The van der Waals surface area contributed by atoms with Crippen molar-refractivity contribution in [2.75, 3.05) is 13.1 Å². The van der Waals surface area contributed by atoms with Gasteiger partial charge in [-0.3, -0.25) is 4.99 Å². The quantitative estimate of drug-likeness (QED) is 0.843. The van der Waals surface area contributed by atoms with Gasteiger partial charge in [-0.05, 0) is 30.5 Å². The number of hydrogen-bond donors (Lipinski definition) is 2. The highest BCUT2D eigenvalue weighted by Gasteiger charge is 2.39. The van der Waals surface area contributed by atoms with E-state index in [-0.39, 0.29) is 0 Å². The van der Waals surface area contributed by atoms with E-state index in [1.54, 1.807) is 0 Å². The Hall–Kier alpha value is -1.22. The van der Waals surface area contributed by atoms with Gasteiger partial charge in [0.15, 0.2) is 5.96 Å². The molecule has 0 aromatic heterocycles. The van der Waals surface area contributed by atoms with Crippen LogP contribution in [-0.2, 0) is 0 Å². The second-order valence-electron chi connectivity index (χ2n) is 4.66. The summed E-state index contributed by atoms with van der Waals surface area (Å²) >= 11 is 6.00. The summed E-state index contributed by atoms with van der Waals surface area (Å²) in [7, 11) is 0. The Morgan fingerprint density at radius 2 is 2.35 bits per heavy atom. The molecule has 2 atom stereocenters. The monoisotopic (exact) mass is 249 g/mol. The predicted octanol–water partition coefficient (Wildman–Crippen LogP) is 2.13. The maximum atomic E-state index is 6.00. The Morgan fingerprint density at radius 1 is 1.41 bits per heavy atom. The summed E-state index contributed by atoms with van der Waals surface area (Å²) in [5, 5.41) is 7.56. The Bertz CT molecular complexity index is 444. The highest BCUT2D eigenvalue weighted by molar-refractivity contribution is 6.30. The lowest BCUT2D eigenvalue weighted by Crippen LogP contribution is -2.42. The normalized spacial score (nSPS) is 27.0. The zero-order valence-corrected chi connectivity index (χ0v) is 10.4. The van der Waals surface area contributed by atoms with Gasteiger partial charge in [-0.1, -0.05) is 23.7 Å². The first kappa shape index (κ1) is 10.9. The minimum Gasteiger partial charge on any atom is -0.356 e. The third-order valence-electron chi connectivity index (χ3n) is 3.29. The van der Waals surface area contributed by atoms with Gasteiger partial charge in [0, 0.05) is 30.1 Å². The molecule has 17 heavy (non-hydrogen) atoms. The average molecular weight is 250 g/mol. The van der Waals surface area contributed by atoms with Crippen molar-refractivity contribution in [1.29, 1.82) is 0 Å². The molecule has 2 aliphatic rings. The van der Waals surface area contributed by atoms with Crippen molar-refractivity contribution in [3.05, 3.63) is 34.9 Å². The fourth-order valence-electron chi connectivity index (χ4n) is 2.27. The van der Waals surface area contributed by atoms with Crippen molar-refractivity contribution in [2.45, 2.75) is 24.8 Å². The molecule has 4 heteroatoms. The standard InChI is InChI=1S/C13H16ClN3/c14-10-4-1-3-9(7-10)11-8-12(11)17-13-15-5-2-6-16-13/h1,3-4,7,11-12H,2,5-6,8H2,(H2,15,16,17). The molecule has 0 bridgehead atoms. The Kier molecular flexibility index (Phi) is 2.93. The zero-order chi connectivity index (χ0) is 11.7. The third kappa shape index (κ3) is 2.55. The van der Waals surface area contributed by atoms with Gasteiger partial charge in [0.25, 0.3) is 0 Å². The van der Waals surface area contributed by atoms with E-state index in [0.717, 1.165) is 30.5 Å². The van der Waals surface area contributed by atoms with Gasteiger partial charge >= 0.3 is 0 Å². The number of guanidine groups is 1. The topological polar surface area (TPSA) is 36.4 Å². The van der Waals surface area contributed by atoms with Crippen LogP contribution in [0.25, 0.3) is 0 Å². The van der Waals surface area contributed by atoms with Crippen molar-refractivity contribution in [3.63, 3.8) is 0 Å². The molecule has 1 aliphatic carbocycles. The molecule has 1 fully saturated rings. The summed E-state index contributed by atoms with van der Waals surface area (Å²) in [4.78, 5) is 4.42. The maximum absolute atomic E-state index is 6.00. The van der Waals surface area contributed by atoms with Crippen molar-refractivity contribution in [3.8, 4) is 0 Å². The van der Waals surface area contributed by atoms with Crippen LogP contribution in [0.2, 0.25) is 5.02 Å². The average Bonchev–Trinajstić information content (AvgIpc) is 3.10. The summed E-state index contributed by atoms with van der Waals surface area (Å²) in [6, 6.07) is 8.66. The van der Waals surface area contributed by atoms with Crippen LogP contribution in [0.15, 0.2) is 29.3 Å². The molecular formula is C13H16ClN3. The van der Waals surface area contributed by atoms with E-state index in [0.29, 0.717) is 12.0 Å². The maximum Gasteiger partial charge on any atom is 0.191 e. The molecule has 0 saturated heterocycles. The smallest absolute Gasteiger partial charge is 0.191 e. The molecule has 2 N–H and O–H groups in total. The Balaban J connectivity index is 1.61. The summed E-state index contributed by atoms with van der Waals surface area (Å²) in [5.74, 6) is 1.55. The number of benzene rings is 1. The van der Waals surface area contributed by atoms with Crippen LogP contribution in [0.5, 0.6) is 0 Å². The van der Waals surface area contributed by atoms with Gasteiger partial charge in [0.1, 0.15) is 0 Å². The van der Waals surface area contributed by atoms with Crippen LogP contribution in [0, 0.1) is 0 Å². The summed E-state index contributed by atoms with van der Waals surface area (Å²) < 4.78 is 0. The van der Waals surface area contributed by atoms with Crippen molar-refractivity contribution in [1.82, 2.24) is 10.6 Å². The molecule has 3 nitrogen and oxygen atoms in total. The lowest BCUT2D eigenvalue weighted by Gasteiger charge is -2.16. The molecule has 3 rings (SSSR count). The second kappa shape index (κ2) is 4.57. The molecule has 1 aliphatic heterocycles. The molecule has 1 heterocycles. The fourth-order valence-corrected chi connectivity index (χ4v) is 2.46. The number of hydrogen-bond acceptors (Lipinski definition) is 3. The van der Waals surface area contributed by atoms with Gasteiger partial charge in [-0.15, -0.1) is 0 Å². The van der Waals surface area contributed by atoms with E-state index in [2.05, 4.69) is 27.8 Å². The largest absolute Gasteiger partial charge is 0.356 e. The number of nitrogens with one attached hydrogen (secondary N) is 2. The second-order valence-corrected chi connectivity index (χ2v) is 5.10. The van der Waals surface area contributed by atoms with Crippen LogP contribution in [0.3, 0.4) is 0 Å². The minimum absolute atomic E-state index is 0.512. The number of rotatable bonds is 2. The van der Waals surface area contributed by atoms with Crippen LogP contribution < -0.4 is 10.6 Å². The number of halogens is 1. The summed E-state index contributed by atoms with van der Waals surface area (Å²) in [6.45, 7) is 1.96. The predicted molar refractivity (Wildman–Crippen MR) is 70.7 cm³/mol. The molecule has 90 valence electrons. The van der Waals surface area contributed by atoms with Gasteiger partial charge in [-0.2, -0.15) is 0 Å². The van der Waals surface area contributed by atoms with E-state index >= 15 is 0 Å². The number of nitrogens with zero attached hydrogens (tertiary/aromatic N) is 1. The number of aliphatic imine (C=N–C) groups is 1. The van der Waals surface area contributed by atoms with Crippen molar-refractivity contribution < 1.29 is 0 Å². The summed E-state index contributed by atoms with van der Waals surface area (Å²) in [5.41, 5.74) is 1.33. The van der Waals surface area contributed by atoms with Crippen molar-refractivity contribution >= 4 is 17.6 Å². The minimum atomic E-state index is 0.512. The van der Waals surface area contributed by atoms with E-state index < -0.39 is 0 Å². The SMILES string of the molecule is Clc1cccc(C2CC2NC2=NCCCN2)c1. The van der Waals surface area contributed by atoms with Crippen LogP contribution >= 0.6 is 11.6 Å². The highest BCUT2D eigenvalue weighted by Crippen LogP contribution is 2.41. The molecular weight excluding hydrogens is 234 g/mol. The van der Waals surface area contributed by atoms with E-state index in [9.17, 15) is 0 Å². The van der Waals surface area contributed by atoms with Crippen LogP contribution in [-0.4, -0.2) is 25.1 Å². The van der Waals surface area contributed by atoms with Crippen LogP contribution in [0.1, 0.15) is 24.3 Å². The molecule has 1 aromatic carbocycles. The first-order valence-corrected chi connectivity index (χ1v) is 6.51. The Labute approximate surface area is 106 Å². The first-order valence-electron chi connectivity index (χ1n) is 6.13. The van der Waals surface area contributed by atoms with Crippen LogP contribution in [0.4, 0.5) is 0 Å². The lowest BCUT2D eigenvalue weighted by atomic mass is 10.1. The van der Waals surface area contributed by atoms with Gasteiger partial charge in [0.05, 0.1) is 0 Å². The highest BCUT2D eigenvalue weighted by atomic mass is 35.5. The van der Waals surface area contributed by atoms with E-state index in [1.807, 2.05) is 12.1 Å². The van der Waals surface area contributed by atoms with Gasteiger partial charge in [0.2, 0.25) is 0 Å². The van der Waals surface area contributed by atoms with Gasteiger partial charge in [-0.25, -0.2) is 0 Å². The lowest BCUT2D eigenvalue weighted by molar-refractivity contribution is 0.696. The fraction of sp³-hybridized carbons (Fsp3) is 0.462. The molecule has 0 spiro atoms. The first-order chi connectivity index (χ1) is 8.33. The van der Waals surface area contributed by atoms with E-state index in [1.165, 1.54) is 12.0 Å². The zero-order valence-electron chi connectivity index (χ0n) is 9.62. The third-order valence-corrected chi connectivity index (χ3v) is 3.52. The van der Waals surface area contributed by atoms with Gasteiger partial charge < -0.3 is 10.6 Å². The molecule has 2 unspecified atom stereocenters. The molecule has 1 aromatic rings. The Morgan fingerprint density at radius 3 is 3.12 bits per heavy atom. The molecule has 0 radical (unpaired) electrons. The molecule has 1 saturated carbocycles. The summed E-state index contributed by atoms with van der Waals surface area (Å²) in [6.07, 6.45) is 2.30. The molecule has 0 amide bonds. The van der Waals surface area contributed by atoms with E-state index in [4.69, 9.17) is 11.6 Å². The van der Waals surface area contributed by atoms with Crippen molar-refractivity contribution in [2.24, 2.45) is 4.99 Å².